The molecule has 2 aromatic rings. The molecule has 3 N–H and O–H groups in total. The van der Waals surface area contributed by atoms with Crippen molar-refractivity contribution >= 4 is 11.6 Å². The molecule has 4 heteroatoms. The topological polar surface area (TPSA) is 47.3 Å². The lowest BCUT2D eigenvalue weighted by Gasteiger charge is -2.22. The highest BCUT2D eigenvalue weighted by atomic mass is 35.5. The number of methoxy groups -OCH3 is 1. The standard InChI is InChI=1S/C17H21ClN2O/c1-10-7-13(9-14(18)8-10)16(20-19)15-6-5-11(2)12(3)17(15)21-4/h5-9,16,20H,19H2,1-4H3. The summed E-state index contributed by atoms with van der Waals surface area (Å²) >= 11 is 6.17. The smallest absolute Gasteiger partial charge is 0.127 e. The first-order chi connectivity index (χ1) is 9.97. The van der Waals surface area contributed by atoms with Crippen LogP contribution in [0.4, 0.5) is 0 Å². The van der Waals surface area contributed by atoms with E-state index in [1.807, 2.05) is 25.1 Å². The van der Waals surface area contributed by atoms with Crippen molar-refractivity contribution in [3.05, 3.63) is 63.2 Å². The minimum Gasteiger partial charge on any atom is -0.496 e. The molecule has 0 saturated heterocycles. The largest absolute Gasteiger partial charge is 0.496 e. The molecule has 0 aliphatic rings. The molecule has 0 radical (unpaired) electrons. The van der Waals surface area contributed by atoms with Gasteiger partial charge in [0.2, 0.25) is 0 Å². The first kappa shape index (κ1) is 15.8. The van der Waals surface area contributed by atoms with E-state index in [2.05, 4.69) is 31.4 Å². The minimum absolute atomic E-state index is 0.170. The maximum absolute atomic E-state index is 6.17. The summed E-state index contributed by atoms with van der Waals surface area (Å²) in [5.41, 5.74) is 8.30. The van der Waals surface area contributed by atoms with E-state index in [0.717, 1.165) is 28.0 Å². The van der Waals surface area contributed by atoms with Crippen LogP contribution in [-0.2, 0) is 0 Å². The number of ether oxygens (including phenoxy) is 1. The molecular weight excluding hydrogens is 284 g/mol. The lowest BCUT2D eigenvalue weighted by Crippen LogP contribution is -2.29. The van der Waals surface area contributed by atoms with Crippen molar-refractivity contribution in [3.8, 4) is 5.75 Å². The molecule has 0 aromatic heterocycles. The zero-order valence-corrected chi connectivity index (χ0v) is 13.6. The number of halogens is 1. The van der Waals surface area contributed by atoms with Crippen LogP contribution in [0.3, 0.4) is 0 Å². The second-order valence-corrected chi connectivity index (χ2v) is 5.73. The Morgan fingerprint density at radius 2 is 1.86 bits per heavy atom. The van der Waals surface area contributed by atoms with Gasteiger partial charge in [-0.05, 0) is 55.2 Å². The average molecular weight is 305 g/mol. The Kier molecular flexibility index (Phi) is 4.88. The predicted octanol–water partition coefficient (Wildman–Crippen LogP) is 3.83. The van der Waals surface area contributed by atoms with Crippen molar-refractivity contribution < 1.29 is 4.74 Å². The summed E-state index contributed by atoms with van der Waals surface area (Å²) in [6.45, 7) is 6.13. The third-order valence-corrected chi connectivity index (χ3v) is 4.00. The normalized spacial score (nSPS) is 12.3. The molecule has 1 unspecified atom stereocenters. The van der Waals surface area contributed by atoms with E-state index in [4.69, 9.17) is 22.2 Å². The van der Waals surface area contributed by atoms with Crippen LogP contribution in [0.1, 0.15) is 33.9 Å². The molecule has 1 atom stereocenters. The zero-order valence-electron chi connectivity index (χ0n) is 12.8. The third kappa shape index (κ3) is 3.21. The number of nitrogens with two attached hydrogens (primary N) is 1. The highest BCUT2D eigenvalue weighted by Crippen LogP contribution is 2.34. The molecule has 0 heterocycles. The van der Waals surface area contributed by atoms with Gasteiger partial charge < -0.3 is 4.74 Å². The second kappa shape index (κ2) is 6.48. The van der Waals surface area contributed by atoms with E-state index >= 15 is 0 Å². The van der Waals surface area contributed by atoms with Crippen molar-refractivity contribution in [3.63, 3.8) is 0 Å². The minimum atomic E-state index is -0.170. The maximum atomic E-state index is 6.17. The molecule has 0 fully saturated rings. The van der Waals surface area contributed by atoms with Crippen molar-refractivity contribution in [2.45, 2.75) is 26.8 Å². The highest BCUT2D eigenvalue weighted by molar-refractivity contribution is 6.30. The summed E-state index contributed by atoms with van der Waals surface area (Å²) in [5.74, 6) is 6.66. The number of rotatable bonds is 4. The van der Waals surface area contributed by atoms with Crippen LogP contribution in [0.15, 0.2) is 30.3 Å². The lowest BCUT2D eigenvalue weighted by molar-refractivity contribution is 0.400. The summed E-state index contributed by atoms with van der Waals surface area (Å²) in [7, 11) is 1.68. The molecule has 0 aliphatic heterocycles. The average Bonchev–Trinajstić information content (AvgIpc) is 2.43. The van der Waals surface area contributed by atoms with Crippen molar-refractivity contribution in [1.82, 2.24) is 5.43 Å². The number of hydrogen-bond donors (Lipinski definition) is 2. The Hall–Kier alpha value is -1.55. The quantitative estimate of drug-likeness (QED) is 0.666. The van der Waals surface area contributed by atoms with E-state index < -0.39 is 0 Å². The zero-order chi connectivity index (χ0) is 15.6. The summed E-state index contributed by atoms with van der Waals surface area (Å²) < 4.78 is 5.59. The van der Waals surface area contributed by atoms with Crippen molar-refractivity contribution in [2.24, 2.45) is 5.84 Å². The molecule has 0 spiro atoms. The molecule has 21 heavy (non-hydrogen) atoms. The van der Waals surface area contributed by atoms with Crippen LogP contribution < -0.4 is 16.0 Å². The maximum Gasteiger partial charge on any atom is 0.127 e. The number of benzene rings is 2. The van der Waals surface area contributed by atoms with Crippen LogP contribution in [0, 0.1) is 20.8 Å². The second-order valence-electron chi connectivity index (χ2n) is 5.29. The molecule has 2 rings (SSSR count). The summed E-state index contributed by atoms with van der Waals surface area (Å²) in [5, 5.41) is 0.702. The molecular formula is C17H21ClN2O. The monoisotopic (exact) mass is 304 g/mol. The van der Waals surface area contributed by atoms with Crippen molar-refractivity contribution in [2.75, 3.05) is 7.11 Å². The van der Waals surface area contributed by atoms with E-state index in [1.54, 1.807) is 7.11 Å². The van der Waals surface area contributed by atoms with Gasteiger partial charge in [0.25, 0.3) is 0 Å². The molecule has 0 saturated carbocycles. The Morgan fingerprint density at radius 3 is 2.43 bits per heavy atom. The molecule has 0 bridgehead atoms. The number of hydrazine groups is 1. The van der Waals surface area contributed by atoms with Crippen LogP contribution in [0.2, 0.25) is 5.02 Å². The third-order valence-electron chi connectivity index (χ3n) is 3.79. The molecule has 0 amide bonds. The van der Waals surface area contributed by atoms with Crippen LogP contribution in [0.5, 0.6) is 5.75 Å². The Bertz CT molecular complexity index is 635. The first-order valence-electron chi connectivity index (χ1n) is 6.85. The van der Waals surface area contributed by atoms with Crippen LogP contribution in [0.25, 0.3) is 0 Å². The van der Waals surface area contributed by atoms with Crippen LogP contribution in [-0.4, -0.2) is 7.11 Å². The number of nitrogens with one attached hydrogen (secondary N) is 1. The Morgan fingerprint density at radius 1 is 1.14 bits per heavy atom. The predicted molar refractivity (Wildman–Crippen MR) is 87.8 cm³/mol. The number of aryl methyl sites for hydroxylation is 2. The van der Waals surface area contributed by atoms with E-state index in [9.17, 15) is 0 Å². The van der Waals surface area contributed by atoms with Gasteiger partial charge in [0.15, 0.2) is 0 Å². The van der Waals surface area contributed by atoms with E-state index in [-0.39, 0.29) is 6.04 Å². The number of hydrogen-bond acceptors (Lipinski definition) is 3. The van der Waals surface area contributed by atoms with Gasteiger partial charge in [-0.2, -0.15) is 0 Å². The fourth-order valence-corrected chi connectivity index (χ4v) is 2.90. The first-order valence-corrected chi connectivity index (χ1v) is 7.23. The summed E-state index contributed by atoms with van der Waals surface area (Å²) in [4.78, 5) is 0. The van der Waals surface area contributed by atoms with E-state index in [0.29, 0.717) is 5.02 Å². The SMILES string of the molecule is COc1c(C(NN)c2cc(C)cc(Cl)c2)ccc(C)c1C. The molecule has 112 valence electrons. The van der Waals surface area contributed by atoms with Gasteiger partial charge >= 0.3 is 0 Å². The Balaban J connectivity index is 2.59. The van der Waals surface area contributed by atoms with Gasteiger partial charge in [0.1, 0.15) is 5.75 Å². The van der Waals surface area contributed by atoms with Crippen molar-refractivity contribution in [1.29, 1.82) is 0 Å². The van der Waals surface area contributed by atoms with Gasteiger partial charge in [-0.3, -0.25) is 5.84 Å². The van der Waals surface area contributed by atoms with Crippen LogP contribution >= 0.6 is 11.6 Å². The molecule has 2 aromatic carbocycles. The summed E-state index contributed by atoms with van der Waals surface area (Å²) in [6.07, 6.45) is 0. The van der Waals surface area contributed by atoms with Gasteiger partial charge in [-0.1, -0.05) is 29.8 Å². The van der Waals surface area contributed by atoms with E-state index in [1.165, 1.54) is 5.56 Å². The van der Waals surface area contributed by atoms with Gasteiger partial charge in [0, 0.05) is 10.6 Å². The lowest BCUT2D eigenvalue weighted by atomic mass is 9.94. The van der Waals surface area contributed by atoms with Gasteiger partial charge in [-0.15, -0.1) is 0 Å². The summed E-state index contributed by atoms with van der Waals surface area (Å²) in [6, 6.07) is 9.88. The van der Waals surface area contributed by atoms with Gasteiger partial charge in [0.05, 0.1) is 13.2 Å². The fourth-order valence-electron chi connectivity index (χ4n) is 2.61. The van der Waals surface area contributed by atoms with Gasteiger partial charge in [-0.25, -0.2) is 5.43 Å². The molecule has 3 nitrogen and oxygen atoms in total. The highest BCUT2D eigenvalue weighted by Gasteiger charge is 2.19. The fraction of sp³-hybridized carbons (Fsp3) is 0.294. The molecule has 0 aliphatic carbocycles. The Labute approximate surface area is 131 Å².